The molecule has 190 valence electrons. The number of piperazine rings is 1. The molecule has 0 unspecified atom stereocenters. The van der Waals surface area contributed by atoms with Crippen LogP contribution in [-0.4, -0.2) is 53.5 Å². The first-order valence-electron chi connectivity index (χ1n) is 12.3. The number of amides is 1. The standard InChI is InChI=1S/C29H30N6O.CH4/c1-3-27(36)31-24-9-5-7-21(19-24)26-10-6-8-22-20-30-29(33-28(22)26)32-23-11-13-25(14-12-23)35-17-15-34(4-2)16-18-35;/h3,5-14,19-20H,1,4,15-18H2,2H3,(H,31,36)(H,30,32,33);1H4. The van der Waals surface area contributed by atoms with Crippen molar-refractivity contribution in [3.8, 4) is 11.1 Å². The first-order chi connectivity index (χ1) is 17.6. The van der Waals surface area contributed by atoms with Crippen LogP contribution in [0.1, 0.15) is 14.4 Å². The molecule has 0 spiro atoms. The number of para-hydroxylation sites is 1. The number of rotatable bonds is 7. The minimum absolute atomic E-state index is 0. The average molecular weight is 495 g/mol. The second-order valence-electron chi connectivity index (χ2n) is 8.80. The van der Waals surface area contributed by atoms with E-state index in [9.17, 15) is 4.79 Å². The molecule has 1 saturated heterocycles. The molecular formula is C30H34N6O. The number of aromatic nitrogens is 2. The van der Waals surface area contributed by atoms with Gasteiger partial charge >= 0.3 is 0 Å². The first kappa shape index (κ1) is 25.9. The summed E-state index contributed by atoms with van der Waals surface area (Å²) in [6.45, 7) is 11.2. The Kier molecular flexibility index (Phi) is 8.15. The number of nitrogens with zero attached hydrogens (tertiary/aromatic N) is 4. The Balaban J connectivity index is 0.00000320. The normalized spacial score (nSPS) is 13.6. The van der Waals surface area contributed by atoms with Crippen LogP contribution in [0.15, 0.2) is 85.6 Å². The number of hydrogen-bond acceptors (Lipinski definition) is 6. The molecular weight excluding hydrogens is 460 g/mol. The lowest BCUT2D eigenvalue weighted by Gasteiger charge is -2.35. The van der Waals surface area contributed by atoms with E-state index in [1.807, 2.05) is 48.7 Å². The number of nitrogens with one attached hydrogen (secondary N) is 2. The number of carbonyl (C=O) groups is 1. The Bertz CT molecular complexity index is 1380. The second kappa shape index (κ2) is 11.7. The number of carbonyl (C=O) groups excluding carboxylic acids is 1. The van der Waals surface area contributed by atoms with Crippen LogP contribution < -0.4 is 15.5 Å². The Morgan fingerprint density at radius 2 is 1.76 bits per heavy atom. The van der Waals surface area contributed by atoms with Crippen LogP contribution in [0, 0.1) is 0 Å². The molecule has 7 nitrogen and oxygen atoms in total. The van der Waals surface area contributed by atoms with Gasteiger partial charge in [-0.2, -0.15) is 0 Å². The highest BCUT2D eigenvalue weighted by Crippen LogP contribution is 2.30. The lowest BCUT2D eigenvalue weighted by atomic mass is 10.0. The first-order valence-corrected chi connectivity index (χ1v) is 12.3. The Labute approximate surface area is 218 Å². The van der Waals surface area contributed by atoms with Crippen molar-refractivity contribution in [2.45, 2.75) is 14.4 Å². The Morgan fingerprint density at radius 3 is 2.49 bits per heavy atom. The molecule has 0 radical (unpaired) electrons. The van der Waals surface area contributed by atoms with Gasteiger partial charge in [0.05, 0.1) is 5.52 Å². The van der Waals surface area contributed by atoms with E-state index in [1.54, 1.807) is 0 Å². The molecule has 0 aliphatic carbocycles. The van der Waals surface area contributed by atoms with E-state index < -0.39 is 0 Å². The minimum Gasteiger partial charge on any atom is -0.369 e. The van der Waals surface area contributed by atoms with Crippen molar-refractivity contribution in [2.24, 2.45) is 0 Å². The van der Waals surface area contributed by atoms with Gasteiger partial charge in [-0.1, -0.05) is 51.3 Å². The van der Waals surface area contributed by atoms with E-state index in [-0.39, 0.29) is 13.3 Å². The fourth-order valence-electron chi connectivity index (χ4n) is 4.51. The Morgan fingerprint density at radius 1 is 1.00 bits per heavy atom. The van der Waals surface area contributed by atoms with Gasteiger partial charge in [-0.15, -0.1) is 0 Å². The van der Waals surface area contributed by atoms with Gasteiger partial charge in [-0.3, -0.25) is 4.79 Å². The highest BCUT2D eigenvalue weighted by molar-refractivity contribution is 6.00. The molecule has 1 aromatic heterocycles. The highest BCUT2D eigenvalue weighted by atomic mass is 16.1. The highest BCUT2D eigenvalue weighted by Gasteiger charge is 2.16. The molecule has 0 atom stereocenters. The summed E-state index contributed by atoms with van der Waals surface area (Å²) in [6.07, 6.45) is 3.09. The summed E-state index contributed by atoms with van der Waals surface area (Å²) in [5, 5.41) is 7.11. The summed E-state index contributed by atoms with van der Waals surface area (Å²) in [4.78, 5) is 26.0. The van der Waals surface area contributed by atoms with Crippen molar-refractivity contribution < 1.29 is 4.79 Å². The van der Waals surface area contributed by atoms with Crippen molar-refractivity contribution in [3.05, 3.63) is 85.6 Å². The average Bonchev–Trinajstić information content (AvgIpc) is 2.93. The van der Waals surface area contributed by atoms with Gasteiger partial charge in [0.1, 0.15) is 0 Å². The van der Waals surface area contributed by atoms with E-state index in [0.29, 0.717) is 11.6 Å². The van der Waals surface area contributed by atoms with E-state index in [1.165, 1.54) is 11.8 Å². The smallest absolute Gasteiger partial charge is 0.247 e. The summed E-state index contributed by atoms with van der Waals surface area (Å²) in [5.74, 6) is 0.295. The van der Waals surface area contributed by atoms with E-state index in [2.05, 4.69) is 63.2 Å². The second-order valence-corrected chi connectivity index (χ2v) is 8.80. The molecule has 4 aromatic rings. The molecule has 7 heteroatoms. The molecule has 1 aliphatic rings. The van der Waals surface area contributed by atoms with Crippen molar-refractivity contribution in [3.63, 3.8) is 0 Å². The van der Waals surface area contributed by atoms with Gasteiger partial charge in [0.15, 0.2) is 0 Å². The molecule has 1 aliphatic heterocycles. The van der Waals surface area contributed by atoms with Crippen LogP contribution in [0.3, 0.4) is 0 Å². The van der Waals surface area contributed by atoms with Crippen molar-refractivity contribution in [1.82, 2.24) is 14.9 Å². The summed E-state index contributed by atoms with van der Waals surface area (Å²) in [7, 11) is 0. The lowest BCUT2D eigenvalue weighted by molar-refractivity contribution is -0.111. The predicted molar refractivity (Wildman–Crippen MR) is 155 cm³/mol. The third kappa shape index (κ3) is 5.95. The van der Waals surface area contributed by atoms with E-state index in [4.69, 9.17) is 4.98 Å². The largest absolute Gasteiger partial charge is 0.369 e. The third-order valence-electron chi connectivity index (χ3n) is 6.55. The fraction of sp³-hybridized carbons (Fsp3) is 0.233. The van der Waals surface area contributed by atoms with Gasteiger partial charge in [0.2, 0.25) is 11.9 Å². The van der Waals surface area contributed by atoms with Gasteiger partial charge in [0.25, 0.3) is 0 Å². The number of hydrogen-bond donors (Lipinski definition) is 2. The number of benzene rings is 3. The molecule has 5 rings (SSSR count). The van der Waals surface area contributed by atoms with Crippen molar-refractivity contribution >= 4 is 39.8 Å². The van der Waals surface area contributed by atoms with Crippen LogP contribution in [0.25, 0.3) is 22.0 Å². The van der Waals surface area contributed by atoms with Crippen LogP contribution in [-0.2, 0) is 4.79 Å². The van der Waals surface area contributed by atoms with Crippen LogP contribution in [0.4, 0.5) is 23.0 Å². The summed E-state index contributed by atoms with van der Waals surface area (Å²) in [5.41, 5.74) is 5.65. The quantitative estimate of drug-likeness (QED) is 0.310. The summed E-state index contributed by atoms with van der Waals surface area (Å²) in [6, 6.07) is 22.2. The van der Waals surface area contributed by atoms with Gasteiger partial charge in [-0.05, 0) is 54.6 Å². The van der Waals surface area contributed by atoms with Crippen LogP contribution >= 0.6 is 0 Å². The molecule has 0 saturated carbocycles. The zero-order valence-electron chi connectivity index (χ0n) is 20.4. The molecule has 37 heavy (non-hydrogen) atoms. The van der Waals surface area contributed by atoms with Crippen LogP contribution in [0.2, 0.25) is 0 Å². The lowest BCUT2D eigenvalue weighted by Crippen LogP contribution is -2.46. The zero-order valence-corrected chi connectivity index (χ0v) is 20.4. The van der Waals surface area contributed by atoms with Crippen LogP contribution in [0.5, 0.6) is 0 Å². The number of likely N-dealkylation sites (N-methyl/N-ethyl adjacent to an activating group) is 1. The topological polar surface area (TPSA) is 73.4 Å². The fourth-order valence-corrected chi connectivity index (χ4v) is 4.51. The number of anilines is 4. The minimum atomic E-state index is -0.242. The SMILES string of the molecule is C.C=CC(=O)Nc1cccc(-c2cccc3cnc(Nc4ccc(N5CCN(CC)CC5)cc4)nc23)c1. The van der Waals surface area contributed by atoms with Crippen molar-refractivity contribution in [2.75, 3.05) is 48.3 Å². The monoisotopic (exact) mass is 494 g/mol. The van der Waals surface area contributed by atoms with E-state index in [0.717, 1.165) is 60.4 Å². The molecule has 1 fully saturated rings. The molecule has 1 amide bonds. The van der Waals surface area contributed by atoms with Gasteiger partial charge in [0, 0.05) is 60.4 Å². The molecule has 2 N–H and O–H groups in total. The third-order valence-corrected chi connectivity index (χ3v) is 6.55. The summed E-state index contributed by atoms with van der Waals surface area (Å²) < 4.78 is 0. The molecule has 2 heterocycles. The zero-order chi connectivity index (χ0) is 24.9. The predicted octanol–water partition coefficient (Wildman–Crippen LogP) is 5.94. The molecule has 3 aromatic carbocycles. The molecule has 0 bridgehead atoms. The Hall–Kier alpha value is -4.23. The van der Waals surface area contributed by atoms with Gasteiger partial charge in [-0.25, -0.2) is 9.97 Å². The summed E-state index contributed by atoms with van der Waals surface area (Å²) >= 11 is 0. The van der Waals surface area contributed by atoms with Crippen molar-refractivity contribution in [1.29, 1.82) is 0 Å². The van der Waals surface area contributed by atoms with E-state index >= 15 is 0 Å². The van der Waals surface area contributed by atoms with Gasteiger partial charge < -0.3 is 20.4 Å². The maximum atomic E-state index is 11.7. The maximum absolute atomic E-state index is 11.7. The number of fused-ring (bicyclic) bond motifs is 1. The maximum Gasteiger partial charge on any atom is 0.247 e.